The van der Waals surface area contributed by atoms with Crippen molar-refractivity contribution in [1.29, 1.82) is 0 Å². The van der Waals surface area contributed by atoms with E-state index in [1.54, 1.807) is 12.1 Å². The lowest BCUT2D eigenvalue weighted by Gasteiger charge is -1.98. The van der Waals surface area contributed by atoms with Gasteiger partial charge in [0.15, 0.2) is 0 Å². The maximum Gasteiger partial charge on any atom is 0.303 e. The number of hydrogen-bond donors (Lipinski definition) is 1. The number of nitrogens with zero attached hydrogens (tertiary/aromatic N) is 2. The van der Waals surface area contributed by atoms with Gasteiger partial charge in [0.25, 0.3) is 0 Å². The lowest BCUT2D eigenvalue weighted by molar-refractivity contribution is -0.137. The van der Waals surface area contributed by atoms with Crippen molar-refractivity contribution in [1.82, 2.24) is 10.2 Å². The maximum atomic E-state index is 10.4. The van der Waals surface area contributed by atoms with Crippen LogP contribution < -0.4 is 0 Å². The third-order valence-corrected chi connectivity index (χ3v) is 3.88. The fraction of sp³-hybridized carbons (Fsp3) is 0.308. The lowest BCUT2D eigenvalue weighted by atomic mass is 10.2. The molecule has 20 heavy (non-hydrogen) atoms. The summed E-state index contributed by atoms with van der Waals surface area (Å²) in [4.78, 5) is 10.4. The first-order valence-electron chi connectivity index (χ1n) is 6.06. The Hall–Kier alpha value is -1.40. The molecule has 0 spiro atoms. The Morgan fingerprint density at radius 3 is 2.85 bits per heavy atom. The molecule has 0 fully saturated rings. The average Bonchev–Trinajstić information content (AvgIpc) is 2.86. The lowest BCUT2D eigenvalue weighted by Crippen LogP contribution is -1.95. The van der Waals surface area contributed by atoms with Crippen LogP contribution in [-0.2, 0) is 11.2 Å². The molecule has 1 aromatic heterocycles. The van der Waals surface area contributed by atoms with E-state index in [-0.39, 0.29) is 6.42 Å². The van der Waals surface area contributed by atoms with Gasteiger partial charge >= 0.3 is 5.97 Å². The van der Waals surface area contributed by atoms with E-state index in [4.69, 9.17) is 21.1 Å². The summed E-state index contributed by atoms with van der Waals surface area (Å²) in [5.41, 5.74) is 0.783. The Kier molecular flexibility index (Phi) is 5.14. The predicted molar refractivity (Wildman–Crippen MR) is 77.6 cm³/mol. The van der Waals surface area contributed by atoms with Crippen LogP contribution in [0.5, 0.6) is 0 Å². The molecular formula is C13H12BrClN2O3. The van der Waals surface area contributed by atoms with Gasteiger partial charge < -0.3 is 9.52 Å². The molecule has 0 bridgehead atoms. The molecule has 0 aliphatic carbocycles. The van der Waals surface area contributed by atoms with Gasteiger partial charge in [0, 0.05) is 22.9 Å². The van der Waals surface area contributed by atoms with Crippen molar-refractivity contribution in [2.75, 3.05) is 0 Å². The van der Waals surface area contributed by atoms with Crippen molar-refractivity contribution in [3.8, 4) is 11.5 Å². The van der Waals surface area contributed by atoms with Crippen molar-refractivity contribution < 1.29 is 14.3 Å². The first-order chi connectivity index (χ1) is 9.56. The number of carboxylic acid groups (broad SMARTS) is 1. The molecular weight excluding hydrogens is 348 g/mol. The summed E-state index contributed by atoms with van der Waals surface area (Å²) >= 11 is 9.26. The molecule has 0 saturated heterocycles. The summed E-state index contributed by atoms with van der Waals surface area (Å²) in [6, 6.07) is 5.36. The van der Waals surface area contributed by atoms with Crippen molar-refractivity contribution >= 4 is 33.5 Å². The van der Waals surface area contributed by atoms with Crippen LogP contribution in [0, 0.1) is 0 Å². The van der Waals surface area contributed by atoms with Crippen LogP contribution in [0.3, 0.4) is 0 Å². The SMILES string of the molecule is O=C(O)CCCCc1nnc(-c2ccc(Cl)c(Br)c2)o1. The van der Waals surface area contributed by atoms with E-state index >= 15 is 0 Å². The summed E-state index contributed by atoms with van der Waals surface area (Å²) in [5, 5.41) is 17.1. The highest BCUT2D eigenvalue weighted by molar-refractivity contribution is 9.10. The largest absolute Gasteiger partial charge is 0.481 e. The number of carboxylic acids is 1. The van der Waals surface area contributed by atoms with Crippen LogP contribution >= 0.6 is 27.5 Å². The molecule has 1 N–H and O–H groups in total. The van der Waals surface area contributed by atoms with Crippen LogP contribution in [0.2, 0.25) is 5.02 Å². The standard InChI is InChI=1S/C13H12BrClN2O3/c14-9-7-8(5-6-10(9)15)13-17-16-11(20-13)3-1-2-4-12(18)19/h5-7H,1-4H2,(H,18,19). The number of unbranched alkanes of at least 4 members (excludes halogenated alkanes) is 1. The van der Waals surface area contributed by atoms with Gasteiger partial charge in [-0.1, -0.05) is 11.6 Å². The number of benzene rings is 1. The van der Waals surface area contributed by atoms with Gasteiger partial charge in [-0.3, -0.25) is 4.79 Å². The number of rotatable bonds is 6. The Labute approximate surface area is 129 Å². The number of aromatic nitrogens is 2. The minimum atomic E-state index is -0.790. The quantitative estimate of drug-likeness (QED) is 0.790. The fourth-order valence-electron chi connectivity index (χ4n) is 1.65. The fourth-order valence-corrected chi connectivity index (χ4v) is 2.15. The molecule has 0 unspecified atom stereocenters. The van der Waals surface area contributed by atoms with Gasteiger partial charge in [0.1, 0.15) is 0 Å². The number of aryl methyl sites for hydroxylation is 1. The summed E-state index contributed by atoms with van der Waals surface area (Å²) in [6.07, 6.45) is 2.04. The average molecular weight is 360 g/mol. The monoisotopic (exact) mass is 358 g/mol. The smallest absolute Gasteiger partial charge is 0.303 e. The van der Waals surface area contributed by atoms with Gasteiger partial charge in [-0.25, -0.2) is 0 Å². The zero-order valence-corrected chi connectivity index (χ0v) is 12.8. The topological polar surface area (TPSA) is 76.2 Å². The van der Waals surface area contributed by atoms with E-state index < -0.39 is 5.97 Å². The zero-order valence-electron chi connectivity index (χ0n) is 10.5. The van der Waals surface area contributed by atoms with Crippen LogP contribution in [0.4, 0.5) is 0 Å². The van der Waals surface area contributed by atoms with E-state index in [9.17, 15) is 4.79 Å². The molecule has 1 heterocycles. The summed E-state index contributed by atoms with van der Waals surface area (Å²) in [5.74, 6) is 0.147. The molecule has 0 atom stereocenters. The second kappa shape index (κ2) is 6.85. The van der Waals surface area contributed by atoms with E-state index in [0.29, 0.717) is 36.1 Å². The number of halogens is 2. The summed E-state index contributed by atoms with van der Waals surface area (Å²) in [6.45, 7) is 0. The molecule has 2 rings (SSSR count). The molecule has 0 amide bonds. The van der Waals surface area contributed by atoms with Gasteiger partial charge in [-0.15, -0.1) is 10.2 Å². The number of aliphatic carboxylic acids is 1. The van der Waals surface area contributed by atoms with Gasteiger partial charge in [0.2, 0.25) is 11.8 Å². The Morgan fingerprint density at radius 2 is 2.15 bits per heavy atom. The van der Waals surface area contributed by atoms with E-state index in [1.807, 2.05) is 6.07 Å². The number of hydrogen-bond acceptors (Lipinski definition) is 4. The van der Waals surface area contributed by atoms with Gasteiger partial charge in [-0.05, 0) is 47.0 Å². The zero-order chi connectivity index (χ0) is 14.5. The molecule has 106 valence electrons. The minimum absolute atomic E-state index is 0.158. The number of carbonyl (C=O) groups is 1. The van der Waals surface area contributed by atoms with Gasteiger partial charge in [0.05, 0.1) is 5.02 Å². The Bertz CT molecular complexity index is 615. The highest BCUT2D eigenvalue weighted by atomic mass is 79.9. The van der Waals surface area contributed by atoms with Crippen LogP contribution in [0.1, 0.15) is 25.2 Å². The van der Waals surface area contributed by atoms with E-state index in [1.165, 1.54) is 0 Å². The molecule has 0 aliphatic rings. The molecule has 0 saturated carbocycles. The first kappa shape index (κ1) is 15.0. The van der Waals surface area contributed by atoms with E-state index in [0.717, 1.165) is 10.0 Å². The normalized spacial score (nSPS) is 10.7. The van der Waals surface area contributed by atoms with Crippen molar-refractivity contribution in [2.45, 2.75) is 25.7 Å². The van der Waals surface area contributed by atoms with E-state index in [2.05, 4.69) is 26.1 Å². The molecule has 2 aromatic rings. The molecule has 1 aromatic carbocycles. The third-order valence-electron chi connectivity index (χ3n) is 2.66. The second-order valence-electron chi connectivity index (χ2n) is 4.23. The van der Waals surface area contributed by atoms with Crippen LogP contribution in [0.25, 0.3) is 11.5 Å². The Morgan fingerprint density at radius 1 is 1.35 bits per heavy atom. The third kappa shape index (κ3) is 4.05. The second-order valence-corrected chi connectivity index (χ2v) is 5.49. The predicted octanol–water partition coefficient (Wildman–Crippen LogP) is 3.95. The van der Waals surface area contributed by atoms with Crippen LogP contribution in [0.15, 0.2) is 27.1 Å². The summed E-state index contributed by atoms with van der Waals surface area (Å²) in [7, 11) is 0. The molecule has 7 heteroatoms. The maximum absolute atomic E-state index is 10.4. The highest BCUT2D eigenvalue weighted by Crippen LogP contribution is 2.28. The molecule has 5 nitrogen and oxygen atoms in total. The molecule has 0 aliphatic heterocycles. The van der Waals surface area contributed by atoms with Crippen molar-refractivity contribution in [2.24, 2.45) is 0 Å². The molecule has 0 radical (unpaired) electrons. The highest BCUT2D eigenvalue weighted by Gasteiger charge is 2.10. The first-order valence-corrected chi connectivity index (χ1v) is 7.23. The Balaban J connectivity index is 1.97. The van der Waals surface area contributed by atoms with Crippen LogP contribution in [-0.4, -0.2) is 21.3 Å². The minimum Gasteiger partial charge on any atom is -0.481 e. The van der Waals surface area contributed by atoms with Crippen molar-refractivity contribution in [3.63, 3.8) is 0 Å². The van der Waals surface area contributed by atoms with Crippen molar-refractivity contribution in [3.05, 3.63) is 33.6 Å². The van der Waals surface area contributed by atoms with Gasteiger partial charge in [-0.2, -0.15) is 0 Å². The summed E-state index contributed by atoms with van der Waals surface area (Å²) < 4.78 is 6.30.